The molecule has 1 aliphatic heterocycles. The Labute approximate surface area is 220 Å². The van der Waals surface area contributed by atoms with Gasteiger partial charge in [0.1, 0.15) is 11.6 Å². The third-order valence-corrected chi connectivity index (χ3v) is 6.11. The number of alkyl halides is 3. The topological polar surface area (TPSA) is 80.8 Å². The molecule has 0 saturated carbocycles. The lowest BCUT2D eigenvalue weighted by Gasteiger charge is -2.31. The summed E-state index contributed by atoms with van der Waals surface area (Å²) < 4.78 is 75.3. The largest absolute Gasteiger partial charge is 0.573 e. The number of amides is 1. The molecule has 1 atom stereocenters. The summed E-state index contributed by atoms with van der Waals surface area (Å²) in [6.07, 6.45) is -3.81. The van der Waals surface area contributed by atoms with Gasteiger partial charge in [-0.15, -0.1) is 13.2 Å². The van der Waals surface area contributed by atoms with E-state index in [2.05, 4.69) is 15.0 Å². The Kier molecular flexibility index (Phi) is 8.56. The molecule has 7 nitrogen and oxygen atoms in total. The lowest BCUT2D eigenvalue weighted by molar-refractivity contribution is -0.274. The second kappa shape index (κ2) is 11.9. The van der Waals surface area contributed by atoms with Crippen molar-refractivity contribution >= 4 is 17.4 Å². The van der Waals surface area contributed by atoms with Crippen LogP contribution in [0.1, 0.15) is 22.8 Å². The van der Waals surface area contributed by atoms with Crippen LogP contribution in [0.4, 0.5) is 27.6 Å². The molecule has 1 aliphatic rings. The standard InChI is InChI=1S/C27H24F5N3O4/c1-16(35-6-8-38-9-7-35)26(37)34-23-13-18(3-5-25(23)39-27(30,31)32)24(36)10-17-2-4-22(33-15-17)19-11-20(28)14-21(29)12-19/h2-5,11-16H,6-10H2,1H3,(H,34,37). The molecule has 0 spiro atoms. The highest BCUT2D eigenvalue weighted by molar-refractivity contribution is 6.01. The van der Waals surface area contributed by atoms with Crippen molar-refractivity contribution in [2.75, 3.05) is 31.6 Å². The fourth-order valence-corrected chi connectivity index (χ4v) is 4.07. The van der Waals surface area contributed by atoms with Crippen molar-refractivity contribution in [3.05, 3.63) is 77.5 Å². The van der Waals surface area contributed by atoms with Crippen LogP contribution in [-0.4, -0.2) is 60.3 Å². The Hall–Kier alpha value is -3.90. The summed E-state index contributed by atoms with van der Waals surface area (Å²) >= 11 is 0. The number of carbonyl (C=O) groups is 2. The van der Waals surface area contributed by atoms with Crippen LogP contribution in [0.15, 0.2) is 54.7 Å². The molecule has 39 heavy (non-hydrogen) atoms. The smallest absolute Gasteiger partial charge is 0.404 e. The molecular formula is C27H24F5N3O4. The summed E-state index contributed by atoms with van der Waals surface area (Å²) in [5.41, 5.74) is 0.706. The highest BCUT2D eigenvalue weighted by Crippen LogP contribution is 2.32. The summed E-state index contributed by atoms with van der Waals surface area (Å²) in [7, 11) is 0. The molecule has 0 bridgehead atoms. The molecule has 0 aliphatic carbocycles. The lowest BCUT2D eigenvalue weighted by Crippen LogP contribution is -2.47. The first-order valence-corrected chi connectivity index (χ1v) is 12.0. The monoisotopic (exact) mass is 549 g/mol. The first-order chi connectivity index (χ1) is 18.5. The van der Waals surface area contributed by atoms with Crippen molar-refractivity contribution in [1.82, 2.24) is 9.88 Å². The molecule has 1 fully saturated rings. The summed E-state index contributed by atoms with van der Waals surface area (Å²) in [4.78, 5) is 31.7. The molecular weight excluding hydrogens is 525 g/mol. The predicted octanol–water partition coefficient (Wildman–Crippen LogP) is 5.01. The van der Waals surface area contributed by atoms with Gasteiger partial charge in [-0.1, -0.05) is 6.07 Å². The average Bonchev–Trinajstić information content (AvgIpc) is 2.88. The Bertz CT molecular complexity index is 1320. The van der Waals surface area contributed by atoms with E-state index in [4.69, 9.17) is 4.74 Å². The summed E-state index contributed by atoms with van der Waals surface area (Å²) in [6.45, 7) is 3.45. The fourth-order valence-electron chi connectivity index (χ4n) is 4.07. The third-order valence-electron chi connectivity index (χ3n) is 6.11. The van der Waals surface area contributed by atoms with E-state index < -0.39 is 41.5 Å². The Morgan fingerprint density at radius 2 is 1.74 bits per heavy atom. The number of rotatable bonds is 8. The number of ether oxygens (including phenoxy) is 2. The first kappa shape index (κ1) is 28.1. The number of carbonyl (C=O) groups excluding carboxylic acids is 2. The van der Waals surface area contributed by atoms with E-state index in [-0.39, 0.29) is 28.9 Å². The summed E-state index contributed by atoms with van der Waals surface area (Å²) in [5.74, 6) is -3.20. The zero-order valence-electron chi connectivity index (χ0n) is 20.7. The maximum Gasteiger partial charge on any atom is 0.573 e. The van der Waals surface area contributed by atoms with Crippen LogP contribution in [-0.2, 0) is 16.0 Å². The number of anilines is 1. The molecule has 1 saturated heterocycles. The number of ketones is 1. The van der Waals surface area contributed by atoms with Crippen molar-refractivity contribution in [3.8, 4) is 17.0 Å². The SMILES string of the molecule is CC(C(=O)Nc1cc(C(=O)Cc2ccc(-c3cc(F)cc(F)c3)nc2)ccc1OC(F)(F)F)N1CCOCC1. The molecule has 2 heterocycles. The van der Waals surface area contributed by atoms with Crippen molar-refractivity contribution in [2.45, 2.75) is 25.7 Å². The van der Waals surface area contributed by atoms with E-state index in [0.717, 1.165) is 30.3 Å². The highest BCUT2D eigenvalue weighted by Gasteiger charge is 2.33. The van der Waals surface area contributed by atoms with Gasteiger partial charge in [-0.2, -0.15) is 0 Å². The number of benzene rings is 2. The van der Waals surface area contributed by atoms with Gasteiger partial charge in [0.05, 0.1) is 30.6 Å². The summed E-state index contributed by atoms with van der Waals surface area (Å²) in [5, 5.41) is 2.45. The van der Waals surface area contributed by atoms with Crippen LogP contribution >= 0.6 is 0 Å². The van der Waals surface area contributed by atoms with E-state index in [1.807, 2.05) is 4.90 Å². The molecule has 4 rings (SSSR count). The van der Waals surface area contributed by atoms with Crippen LogP contribution in [0.25, 0.3) is 11.3 Å². The van der Waals surface area contributed by atoms with E-state index in [9.17, 15) is 31.5 Å². The van der Waals surface area contributed by atoms with E-state index >= 15 is 0 Å². The average molecular weight is 549 g/mol. The Balaban J connectivity index is 1.51. The van der Waals surface area contributed by atoms with Crippen molar-refractivity contribution in [3.63, 3.8) is 0 Å². The van der Waals surface area contributed by atoms with Gasteiger partial charge in [0.2, 0.25) is 5.91 Å². The van der Waals surface area contributed by atoms with Gasteiger partial charge in [-0.3, -0.25) is 19.5 Å². The van der Waals surface area contributed by atoms with Gasteiger partial charge in [0, 0.05) is 42.9 Å². The zero-order chi connectivity index (χ0) is 28.2. The predicted molar refractivity (Wildman–Crippen MR) is 131 cm³/mol. The van der Waals surface area contributed by atoms with Crippen LogP contribution in [0.5, 0.6) is 5.75 Å². The van der Waals surface area contributed by atoms with E-state index in [1.165, 1.54) is 18.3 Å². The number of Topliss-reactive ketones (excluding diaryl/α,β-unsaturated/α-hetero) is 1. The van der Waals surface area contributed by atoms with Gasteiger partial charge in [0.25, 0.3) is 0 Å². The number of pyridine rings is 1. The number of nitrogens with one attached hydrogen (secondary N) is 1. The second-order valence-corrected chi connectivity index (χ2v) is 8.88. The minimum atomic E-state index is -5.02. The minimum absolute atomic E-state index is 0.0372. The van der Waals surface area contributed by atoms with Crippen molar-refractivity contribution in [1.29, 1.82) is 0 Å². The number of nitrogens with zero attached hydrogens (tertiary/aromatic N) is 2. The molecule has 1 amide bonds. The summed E-state index contributed by atoms with van der Waals surface area (Å²) in [6, 6.07) is 8.63. The highest BCUT2D eigenvalue weighted by atomic mass is 19.4. The van der Waals surface area contributed by atoms with Gasteiger partial charge >= 0.3 is 6.36 Å². The van der Waals surface area contributed by atoms with Crippen LogP contribution in [0.3, 0.4) is 0 Å². The fraction of sp³-hybridized carbons (Fsp3) is 0.296. The molecule has 1 unspecified atom stereocenters. The number of halogens is 5. The normalized spacial score (nSPS) is 15.0. The molecule has 0 radical (unpaired) electrons. The molecule has 2 aromatic carbocycles. The van der Waals surface area contributed by atoms with E-state index in [1.54, 1.807) is 13.0 Å². The first-order valence-electron chi connectivity index (χ1n) is 12.0. The van der Waals surface area contributed by atoms with Gasteiger partial charge in [-0.25, -0.2) is 8.78 Å². The maximum absolute atomic E-state index is 13.5. The molecule has 3 aromatic rings. The molecule has 1 N–H and O–H groups in total. The number of hydrogen-bond donors (Lipinski definition) is 1. The minimum Gasteiger partial charge on any atom is -0.404 e. The number of hydrogen-bond acceptors (Lipinski definition) is 6. The van der Waals surface area contributed by atoms with Gasteiger partial charge in [-0.05, 0) is 48.9 Å². The number of morpholine rings is 1. The number of aromatic nitrogens is 1. The molecule has 206 valence electrons. The molecule has 12 heteroatoms. The van der Waals surface area contributed by atoms with Crippen molar-refractivity contribution < 1.29 is 41.0 Å². The maximum atomic E-state index is 13.5. The quantitative estimate of drug-likeness (QED) is 0.314. The van der Waals surface area contributed by atoms with Gasteiger partial charge < -0.3 is 14.8 Å². The van der Waals surface area contributed by atoms with E-state index in [0.29, 0.717) is 31.9 Å². The zero-order valence-corrected chi connectivity index (χ0v) is 20.7. The third kappa shape index (κ3) is 7.58. The van der Waals surface area contributed by atoms with Crippen molar-refractivity contribution in [2.24, 2.45) is 0 Å². The van der Waals surface area contributed by atoms with Gasteiger partial charge in [0.15, 0.2) is 11.5 Å². The molecule has 1 aromatic heterocycles. The van der Waals surface area contributed by atoms with Crippen LogP contribution < -0.4 is 10.1 Å². The van der Waals surface area contributed by atoms with Crippen LogP contribution in [0, 0.1) is 11.6 Å². The Morgan fingerprint density at radius 1 is 1.05 bits per heavy atom. The Morgan fingerprint density at radius 3 is 2.36 bits per heavy atom. The van der Waals surface area contributed by atoms with Crippen LogP contribution in [0.2, 0.25) is 0 Å². The second-order valence-electron chi connectivity index (χ2n) is 8.88. The lowest BCUT2D eigenvalue weighted by atomic mass is 10.0.